The lowest BCUT2D eigenvalue weighted by Crippen LogP contribution is -2.57. The predicted molar refractivity (Wildman–Crippen MR) is 120 cm³/mol. The van der Waals surface area contributed by atoms with Crippen molar-refractivity contribution in [3.63, 3.8) is 0 Å². The van der Waals surface area contributed by atoms with Gasteiger partial charge in [-0.2, -0.15) is 5.10 Å². The Balaban J connectivity index is 1.18. The second-order valence-corrected chi connectivity index (χ2v) is 11.1. The van der Waals surface area contributed by atoms with Crippen molar-refractivity contribution < 1.29 is 17.9 Å². The van der Waals surface area contributed by atoms with Gasteiger partial charge >= 0.3 is 0 Å². The fourth-order valence-electron chi connectivity index (χ4n) is 4.57. The van der Waals surface area contributed by atoms with Gasteiger partial charge in [-0.25, -0.2) is 17.4 Å². The van der Waals surface area contributed by atoms with Gasteiger partial charge < -0.3 is 14.8 Å². The molecule has 1 unspecified atom stereocenters. The molecule has 1 N–H and O–H groups in total. The van der Waals surface area contributed by atoms with Crippen LogP contribution in [0.2, 0.25) is 0 Å². The SMILES string of the molecule is O=S(=O)(C1CNC1)N1CCC[C@@H](COc2ccc(-c3ccnn3C3CCCCO3)nc2)C1. The van der Waals surface area contributed by atoms with E-state index in [1.54, 1.807) is 16.7 Å². The molecule has 0 saturated carbocycles. The second-order valence-electron chi connectivity index (χ2n) is 8.86. The van der Waals surface area contributed by atoms with Crippen LogP contribution in [0.3, 0.4) is 0 Å². The maximum absolute atomic E-state index is 12.7. The van der Waals surface area contributed by atoms with E-state index in [1.807, 2.05) is 22.9 Å². The number of hydrogen-bond donors (Lipinski definition) is 1. The number of pyridine rings is 1. The lowest BCUT2D eigenvalue weighted by molar-refractivity contribution is -0.0384. The van der Waals surface area contributed by atoms with Crippen LogP contribution in [-0.2, 0) is 14.8 Å². The molecule has 5 rings (SSSR count). The second kappa shape index (κ2) is 9.46. The molecule has 3 saturated heterocycles. The largest absolute Gasteiger partial charge is 0.492 e. The minimum absolute atomic E-state index is 0.0345. The molecule has 2 aromatic heterocycles. The summed E-state index contributed by atoms with van der Waals surface area (Å²) in [5.74, 6) is 0.882. The Labute approximate surface area is 189 Å². The molecule has 2 aromatic rings. The van der Waals surface area contributed by atoms with Crippen molar-refractivity contribution in [2.75, 3.05) is 39.4 Å². The summed E-state index contributed by atoms with van der Waals surface area (Å²) in [6.07, 6.45) is 8.52. The summed E-state index contributed by atoms with van der Waals surface area (Å²) in [4.78, 5) is 4.58. The van der Waals surface area contributed by atoms with Crippen molar-refractivity contribution in [1.82, 2.24) is 24.4 Å². The van der Waals surface area contributed by atoms with Crippen LogP contribution < -0.4 is 10.1 Å². The van der Waals surface area contributed by atoms with Gasteiger partial charge in [0, 0.05) is 44.9 Å². The highest BCUT2D eigenvalue weighted by Crippen LogP contribution is 2.28. The van der Waals surface area contributed by atoms with Crippen LogP contribution in [0.4, 0.5) is 0 Å². The zero-order valence-corrected chi connectivity index (χ0v) is 19.0. The molecule has 0 bridgehead atoms. The smallest absolute Gasteiger partial charge is 0.219 e. The van der Waals surface area contributed by atoms with Crippen molar-refractivity contribution in [2.24, 2.45) is 5.92 Å². The van der Waals surface area contributed by atoms with Crippen molar-refractivity contribution in [3.05, 3.63) is 30.6 Å². The third-order valence-electron chi connectivity index (χ3n) is 6.59. The average Bonchev–Trinajstić information content (AvgIpc) is 3.27. The number of sulfonamides is 1. The molecule has 3 aliphatic rings. The Bertz CT molecular complexity index is 1000. The predicted octanol–water partition coefficient (Wildman–Crippen LogP) is 2.04. The zero-order chi connectivity index (χ0) is 22.0. The van der Waals surface area contributed by atoms with Gasteiger partial charge in [-0.15, -0.1) is 0 Å². The van der Waals surface area contributed by atoms with E-state index in [4.69, 9.17) is 9.47 Å². The average molecular weight is 462 g/mol. The summed E-state index contributed by atoms with van der Waals surface area (Å²) < 4.78 is 40.8. The van der Waals surface area contributed by atoms with Gasteiger partial charge in [0.2, 0.25) is 10.0 Å². The molecule has 2 atom stereocenters. The fraction of sp³-hybridized carbons (Fsp3) is 0.636. The highest BCUT2D eigenvalue weighted by atomic mass is 32.2. The summed E-state index contributed by atoms with van der Waals surface area (Å²) >= 11 is 0. The summed E-state index contributed by atoms with van der Waals surface area (Å²) in [6.45, 7) is 3.52. The van der Waals surface area contributed by atoms with Crippen molar-refractivity contribution in [2.45, 2.75) is 43.6 Å². The van der Waals surface area contributed by atoms with Crippen LogP contribution in [0.5, 0.6) is 5.75 Å². The Morgan fingerprint density at radius 1 is 1.16 bits per heavy atom. The Morgan fingerprint density at radius 2 is 2.06 bits per heavy atom. The highest BCUT2D eigenvalue weighted by molar-refractivity contribution is 7.89. The van der Waals surface area contributed by atoms with Gasteiger partial charge in [0.15, 0.2) is 6.23 Å². The van der Waals surface area contributed by atoms with Gasteiger partial charge in [0.25, 0.3) is 0 Å². The third-order valence-corrected chi connectivity index (χ3v) is 8.82. The van der Waals surface area contributed by atoms with Gasteiger partial charge in [-0.05, 0) is 50.3 Å². The lowest BCUT2D eigenvalue weighted by Gasteiger charge is -2.37. The van der Waals surface area contributed by atoms with Crippen molar-refractivity contribution >= 4 is 10.0 Å². The first-order valence-corrected chi connectivity index (χ1v) is 13.1. The molecule has 5 heterocycles. The van der Waals surface area contributed by atoms with Crippen LogP contribution in [-0.4, -0.2) is 72.1 Å². The summed E-state index contributed by atoms with van der Waals surface area (Å²) in [5.41, 5.74) is 1.76. The molecule has 0 radical (unpaired) electrons. The van der Waals surface area contributed by atoms with Crippen LogP contribution in [0.15, 0.2) is 30.6 Å². The van der Waals surface area contributed by atoms with E-state index >= 15 is 0 Å². The van der Waals surface area contributed by atoms with E-state index in [-0.39, 0.29) is 17.4 Å². The fourth-order valence-corrected chi connectivity index (χ4v) is 6.45. The molecule has 3 fully saturated rings. The highest BCUT2D eigenvalue weighted by Gasteiger charge is 2.38. The van der Waals surface area contributed by atoms with Crippen LogP contribution in [0, 0.1) is 5.92 Å². The number of ether oxygens (including phenoxy) is 2. The van der Waals surface area contributed by atoms with Crippen LogP contribution in [0.25, 0.3) is 11.4 Å². The van der Waals surface area contributed by atoms with Crippen molar-refractivity contribution in [3.8, 4) is 17.1 Å². The van der Waals surface area contributed by atoms with E-state index < -0.39 is 10.0 Å². The van der Waals surface area contributed by atoms with E-state index in [2.05, 4.69) is 15.4 Å². The van der Waals surface area contributed by atoms with E-state index in [1.165, 1.54) is 0 Å². The monoisotopic (exact) mass is 461 g/mol. The summed E-state index contributed by atoms with van der Waals surface area (Å²) in [5, 5.41) is 7.23. The van der Waals surface area contributed by atoms with Crippen LogP contribution in [0.1, 0.15) is 38.3 Å². The normalized spacial score (nSPS) is 25.4. The molecule has 3 aliphatic heterocycles. The third kappa shape index (κ3) is 4.54. The number of hydrogen-bond acceptors (Lipinski definition) is 7. The molecule has 0 amide bonds. The van der Waals surface area contributed by atoms with Gasteiger partial charge in [0.05, 0.1) is 24.2 Å². The first-order valence-electron chi connectivity index (χ1n) is 11.6. The minimum atomic E-state index is -3.20. The Hall–Kier alpha value is -2.01. The van der Waals surface area contributed by atoms with Crippen molar-refractivity contribution in [1.29, 1.82) is 0 Å². The topological polar surface area (TPSA) is 98.6 Å². The Morgan fingerprint density at radius 3 is 2.78 bits per heavy atom. The molecular weight excluding hydrogens is 430 g/mol. The van der Waals surface area contributed by atoms with E-state index in [0.717, 1.165) is 50.1 Å². The van der Waals surface area contributed by atoms with Gasteiger partial charge in [0.1, 0.15) is 11.0 Å². The molecule has 0 aromatic carbocycles. The quantitative estimate of drug-likeness (QED) is 0.674. The summed E-state index contributed by atoms with van der Waals surface area (Å²) in [6, 6.07) is 5.81. The number of nitrogens with one attached hydrogen (secondary N) is 1. The molecule has 10 heteroatoms. The lowest BCUT2D eigenvalue weighted by atomic mass is 10.0. The van der Waals surface area contributed by atoms with Crippen LogP contribution >= 0.6 is 0 Å². The number of piperidine rings is 1. The molecule has 174 valence electrons. The van der Waals surface area contributed by atoms with E-state index in [9.17, 15) is 8.42 Å². The van der Waals surface area contributed by atoms with E-state index in [0.29, 0.717) is 38.5 Å². The summed E-state index contributed by atoms with van der Waals surface area (Å²) in [7, 11) is -3.20. The molecule has 32 heavy (non-hydrogen) atoms. The molecule has 0 aliphatic carbocycles. The Kier molecular flexibility index (Phi) is 6.45. The maximum atomic E-state index is 12.7. The zero-order valence-electron chi connectivity index (χ0n) is 18.2. The number of rotatable bonds is 7. The maximum Gasteiger partial charge on any atom is 0.219 e. The number of nitrogens with zero attached hydrogens (tertiary/aromatic N) is 4. The minimum Gasteiger partial charge on any atom is -0.492 e. The first-order chi connectivity index (χ1) is 15.6. The first kappa shape index (κ1) is 21.8. The molecular formula is C22H31N5O4S. The molecule has 9 nitrogen and oxygen atoms in total. The molecule has 0 spiro atoms. The number of aromatic nitrogens is 3. The standard InChI is InChI=1S/C22H31N5O4S/c28-32(29,19-13-23-14-19)26-10-3-4-17(15-26)16-31-18-6-7-20(24-12-18)21-8-9-25-27(21)22-5-1-2-11-30-22/h6-9,12,17,19,22-23H,1-5,10-11,13-16H2/t17-,22?/m1/s1. The van der Waals surface area contributed by atoms with Gasteiger partial charge in [-0.3, -0.25) is 4.98 Å². The van der Waals surface area contributed by atoms with Gasteiger partial charge in [-0.1, -0.05) is 0 Å².